The minimum atomic E-state index is -4.04. The number of sulfonamides is 1. The third-order valence-electron chi connectivity index (χ3n) is 7.32. The Morgan fingerprint density at radius 2 is 1.55 bits per heavy atom. The first-order valence-corrected chi connectivity index (χ1v) is 15.7. The first-order chi connectivity index (χ1) is 19.9. The second-order valence-electron chi connectivity index (χ2n) is 10.8. The highest BCUT2D eigenvalue weighted by atomic mass is 35.5. The van der Waals surface area contributed by atoms with Gasteiger partial charge in [0.1, 0.15) is 5.75 Å². The van der Waals surface area contributed by atoms with Crippen LogP contribution in [0.25, 0.3) is 0 Å². The van der Waals surface area contributed by atoms with Gasteiger partial charge in [0.05, 0.1) is 35.8 Å². The van der Waals surface area contributed by atoms with Crippen molar-refractivity contribution in [3.05, 3.63) is 123 Å². The number of halogens is 1. The summed E-state index contributed by atoms with van der Waals surface area (Å²) in [4.78, 5) is 14.0. The number of aryl methyl sites for hydroxylation is 2. The second kappa shape index (κ2) is 13.0. The van der Waals surface area contributed by atoms with Crippen molar-refractivity contribution in [2.75, 3.05) is 11.4 Å². The quantitative estimate of drug-likeness (QED) is 0.199. The maximum atomic E-state index is 14.1. The third-order valence-corrected chi connectivity index (χ3v) is 9.35. The van der Waals surface area contributed by atoms with Gasteiger partial charge in [0.2, 0.25) is 0 Å². The summed E-state index contributed by atoms with van der Waals surface area (Å²) < 4.78 is 35.1. The van der Waals surface area contributed by atoms with Crippen molar-refractivity contribution in [3.8, 4) is 5.75 Å². The predicted octanol–water partition coefficient (Wildman–Crippen LogP) is 7.98. The lowest BCUT2D eigenvalue weighted by Crippen LogP contribution is -2.34. The van der Waals surface area contributed by atoms with Crippen LogP contribution in [0.1, 0.15) is 70.9 Å². The third kappa shape index (κ3) is 6.80. The van der Waals surface area contributed by atoms with Gasteiger partial charge in [-0.1, -0.05) is 67.4 Å². The van der Waals surface area contributed by atoms with E-state index < -0.39 is 10.0 Å². The molecule has 6 nitrogen and oxygen atoms in total. The van der Waals surface area contributed by atoms with Crippen molar-refractivity contribution < 1.29 is 17.9 Å². The smallest absolute Gasteiger partial charge is 0.264 e. The molecule has 42 heavy (non-hydrogen) atoms. The number of nitrogens with one attached hydrogen (secondary N) is 1. The highest BCUT2D eigenvalue weighted by Crippen LogP contribution is 2.33. The second-order valence-corrected chi connectivity index (χ2v) is 13.1. The number of carbonyl (C=O) groups is 1. The number of hydrogen-bond acceptors (Lipinski definition) is 4. The van der Waals surface area contributed by atoms with Gasteiger partial charge in [-0.15, -0.1) is 0 Å². The Labute approximate surface area is 254 Å². The molecule has 220 valence electrons. The fraction of sp³-hybridized carbons (Fsp3) is 0.265. The molecule has 8 heteroatoms. The van der Waals surface area contributed by atoms with E-state index in [2.05, 4.69) is 25.2 Å². The van der Waals surface area contributed by atoms with Gasteiger partial charge in [0, 0.05) is 5.02 Å². The number of anilines is 1. The number of rotatable bonds is 10. The highest BCUT2D eigenvalue weighted by Gasteiger charge is 2.29. The summed E-state index contributed by atoms with van der Waals surface area (Å²) in [6.07, 6.45) is 0. The van der Waals surface area contributed by atoms with Gasteiger partial charge in [-0.3, -0.25) is 9.10 Å². The molecule has 1 atom stereocenters. The van der Waals surface area contributed by atoms with Crippen LogP contribution in [0, 0.1) is 13.8 Å². The molecule has 0 fully saturated rings. The molecule has 4 aromatic rings. The molecule has 0 heterocycles. The summed E-state index contributed by atoms with van der Waals surface area (Å²) in [5.41, 5.74) is 5.23. The maximum Gasteiger partial charge on any atom is 0.264 e. The van der Waals surface area contributed by atoms with Crippen molar-refractivity contribution in [1.29, 1.82) is 0 Å². The van der Waals surface area contributed by atoms with Crippen LogP contribution in [0.3, 0.4) is 0 Å². The number of hydrogen-bond donors (Lipinski definition) is 1. The van der Waals surface area contributed by atoms with E-state index in [0.717, 1.165) is 33.6 Å². The average molecular weight is 605 g/mol. The van der Waals surface area contributed by atoms with Gasteiger partial charge in [-0.25, -0.2) is 8.42 Å². The van der Waals surface area contributed by atoms with Crippen LogP contribution in [0.15, 0.2) is 89.8 Å². The molecular formula is C34H37ClN2O4S. The van der Waals surface area contributed by atoms with Crippen molar-refractivity contribution >= 4 is 33.2 Å². The summed E-state index contributed by atoms with van der Waals surface area (Å²) in [5.74, 6) is 0.672. The SMILES string of the molecule is COc1cc(C)c(C(C)NC(=O)c2ccccc2N(Cc2ccc(Cl)cc2)S(=O)(=O)c2ccc(C)cc2)cc1C(C)C. The Kier molecular flexibility index (Phi) is 9.64. The van der Waals surface area contributed by atoms with Crippen LogP contribution in [0.4, 0.5) is 5.69 Å². The topological polar surface area (TPSA) is 75.7 Å². The molecule has 0 saturated carbocycles. The summed E-state index contributed by atoms with van der Waals surface area (Å²) >= 11 is 6.09. The van der Waals surface area contributed by atoms with Gasteiger partial charge in [-0.05, 0) is 97.5 Å². The van der Waals surface area contributed by atoms with E-state index in [9.17, 15) is 13.2 Å². The summed E-state index contributed by atoms with van der Waals surface area (Å²) in [6, 6.07) is 24.2. The summed E-state index contributed by atoms with van der Waals surface area (Å²) in [5, 5.41) is 3.65. The number of nitrogens with zero attached hydrogens (tertiary/aromatic N) is 1. The van der Waals surface area contributed by atoms with Crippen LogP contribution in [-0.4, -0.2) is 21.4 Å². The minimum Gasteiger partial charge on any atom is -0.496 e. The van der Waals surface area contributed by atoms with Crippen LogP contribution in [-0.2, 0) is 16.6 Å². The maximum absolute atomic E-state index is 14.1. The van der Waals surface area contributed by atoms with Gasteiger partial charge in [0.15, 0.2) is 0 Å². The molecule has 0 radical (unpaired) electrons. The Morgan fingerprint density at radius 1 is 0.905 bits per heavy atom. The number of para-hydroxylation sites is 1. The molecule has 0 spiro atoms. The Balaban J connectivity index is 1.75. The lowest BCUT2D eigenvalue weighted by atomic mass is 9.93. The first kappa shape index (κ1) is 31.1. The molecule has 0 bridgehead atoms. The molecule has 0 saturated heterocycles. The number of ether oxygens (including phenoxy) is 1. The van der Waals surface area contributed by atoms with Crippen molar-refractivity contribution in [3.63, 3.8) is 0 Å². The predicted molar refractivity (Wildman–Crippen MR) is 170 cm³/mol. The van der Waals surface area contributed by atoms with Crippen molar-refractivity contribution in [1.82, 2.24) is 5.32 Å². The van der Waals surface area contributed by atoms with E-state index in [-0.39, 0.29) is 40.6 Å². The molecular weight excluding hydrogens is 568 g/mol. The largest absolute Gasteiger partial charge is 0.496 e. The van der Waals surface area contributed by atoms with E-state index in [4.69, 9.17) is 16.3 Å². The molecule has 4 rings (SSSR count). The molecule has 0 aliphatic rings. The van der Waals surface area contributed by atoms with Crippen LogP contribution < -0.4 is 14.4 Å². The van der Waals surface area contributed by atoms with E-state index in [1.54, 1.807) is 79.9 Å². The summed E-state index contributed by atoms with van der Waals surface area (Å²) in [6.45, 7) is 10.0. The van der Waals surface area contributed by atoms with Crippen LogP contribution in [0.2, 0.25) is 5.02 Å². The molecule has 1 unspecified atom stereocenters. The zero-order chi connectivity index (χ0) is 30.6. The van der Waals surface area contributed by atoms with Gasteiger partial charge < -0.3 is 10.1 Å². The Hall–Kier alpha value is -3.81. The van der Waals surface area contributed by atoms with Gasteiger partial charge >= 0.3 is 0 Å². The van der Waals surface area contributed by atoms with Gasteiger partial charge in [-0.2, -0.15) is 0 Å². The van der Waals surface area contributed by atoms with Crippen LogP contribution >= 0.6 is 11.6 Å². The molecule has 4 aromatic carbocycles. The molecule has 0 aliphatic heterocycles. The fourth-order valence-corrected chi connectivity index (χ4v) is 6.54. The Morgan fingerprint density at radius 3 is 2.17 bits per heavy atom. The lowest BCUT2D eigenvalue weighted by molar-refractivity contribution is 0.0940. The van der Waals surface area contributed by atoms with E-state index in [0.29, 0.717) is 5.02 Å². The lowest BCUT2D eigenvalue weighted by Gasteiger charge is -2.27. The highest BCUT2D eigenvalue weighted by molar-refractivity contribution is 7.92. The fourth-order valence-electron chi connectivity index (χ4n) is 4.94. The molecule has 1 N–H and O–H groups in total. The van der Waals surface area contributed by atoms with Gasteiger partial charge in [0.25, 0.3) is 15.9 Å². The number of methoxy groups -OCH3 is 1. The summed E-state index contributed by atoms with van der Waals surface area (Å²) in [7, 11) is -2.38. The van der Waals surface area contributed by atoms with Crippen molar-refractivity contribution in [2.24, 2.45) is 0 Å². The number of amides is 1. The number of carbonyl (C=O) groups excluding carboxylic acids is 1. The molecule has 1 amide bonds. The normalized spacial score (nSPS) is 12.2. The van der Waals surface area contributed by atoms with E-state index in [1.807, 2.05) is 26.8 Å². The van der Waals surface area contributed by atoms with E-state index >= 15 is 0 Å². The Bertz CT molecular complexity index is 1670. The average Bonchev–Trinajstić information content (AvgIpc) is 2.96. The number of benzene rings is 4. The van der Waals surface area contributed by atoms with Crippen molar-refractivity contribution in [2.45, 2.75) is 58.0 Å². The van der Waals surface area contributed by atoms with E-state index in [1.165, 1.54) is 4.31 Å². The van der Waals surface area contributed by atoms with Crippen LogP contribution in [0.5, 0.6) is 5.75 Å². The molecule has 0 aliphatic carbocycles. The first-order valence-electron chi connectivity index (χ1n) is 13.8. The monoisotopic (exact) mass is 604 g/mol. The standard InChI is InChI=1S/C34H37ClN2O4S/c1-22(2)30-20-31(24(4)19-33(30)41-6)25(5)36-34(38)29-9-7-8-10-32(29)37(21-26-13-15-27(35)16-14-26)42(39,40)28-17-11-23(3)12-18-28/h7-20,22,25H,21H2,1-6H3,(H,36,38). The minimum absolute atomic E-state index is 0.0164. The molecule has 0 aromatic heterocycles. The zero-order valence-corrected chi connectivity index (χ0v) is 26.4. The zero-order valence-electron chi connectivity index (χ0n) is 24.8.